The molecule has 1 atom stereocenters. The van der Waals surface area contributed by atoms with Gasteiger partial charge in [0.15, 0.2) is 5.16 Å². The maximum Gasteiger partial charge on any atom is 0.234 e. The second-order valence-corrected chi connectivity index (χ2v) is 6.50. The first-order valence-electron chi connectivity index (χ1n) is 6.96. The predicted molar refractivity (Wildman–Crippen MR) is 84.8 cm³/mol. The first-order chi connectivity index (χ1) is 10.2. The molecule has 21 heavy (non-hydrogen) atoms. The van der Waals surface area contributed by atoms with Gasteiger partial charge in [0.2, 0.25) is 5.91 Å². The summed E-state index contributed by atoms with van der Waals surface area (Å²) in [4.78, 5) is 17.1. The van der Waals surface area contributed by atoms with Crippen LogP contribution in [-0.4, -0.2) is 15.5 Å². The molecule has 3 nitrogen and oxygen atoms in total. The largest absolute Gasteiger partial charge is 0.274 e. The van der Waals surface area contributed by atoms with Crippen molar-refractivity contribution in [1.82, 2.24) is 9.55 Å². The Balaban J connectivity index is 1.78. The van der Waals surface area contributed by atoms with Gasteiger partial charge in [-0.1, -0.05) is 53.7 Å². The van der Waals surface area contributed by atoms with Crippen molar-refractivity contribution in [3.8, 4) is 0 Å². The number of hydrogen-bond donors (Lipinski definition) is 0. The summed E-state index contributed by atoms with van der Waals surface area (Å²) in [6, 6.07) is 16.2. The summed E-state index contributed by atoms with van der Waals surface area (Å²) in [5, 5.41) is 0.959. The third kappa shape index (κ3) is 2.07. The minimum atomic E-state index is 0.128. The highest BCUT2D eigenvalue weighted by atomic mass is 32.2. The van der Waals surface area contributed by atoms with Crippen LogP contribution in [0.2, 0.25) is 0 Å². The fraction of sp³-hybridized carbons (Fsp3) is 0.176. The van der Waals surface area contributed by atoms with Gasteiger partial charge in [-0.05, 0) is 24.6 Å². The Kier molecular flexibility index (Phi) is 2.86. The van der Waals surface area contributed by atoms with Gasteiger partial charge in [-0.3, -0.25) is 9.36 Å². The molecule has 4 heteroatoms. The molecule has 4 rings (SSSR count). The van der Waals surface area contributed by atoms with Crippen molar-refractivity contribution < 1.29 is 4.79 Å². The van der Waals surface area contributed by atoms with Gasteiger partial charge in [0.25, 0.3) is 0 Å². The number of hydrogen-bond acceptors (Lipinski definition) is 3. The van der Waals surface area contributed by atoms with Crippen LogP contribution in [0.25, 0.3) is 11.0 Å². The van der Waals surface area contributed by atoms with Crippen LogP contribution in [0.1, 0.15) is 27.6 Å². The van der Waals surface area contributed by atoms with Crippen molar-refractivity contribution in [3.05, 3.63) is 59.7 Å². The van der Waals surface area contributed by atoms with Crippen molar-refractivity contribution in [3.63, 3.8) is 0 Å². The van der Waals surface area contributed by atoms with Crippen molar-refractivity contribution in [2.45, 2.75) is 23.8 Å². The average molecular weight is 294 g/mol. The third-order valence-corrected chi connectivity index (χ3v) is 5.04. The number of rotatable bonds is 1. The lowest BCUT2D eigenvalue weighted by Crippen LogP contribution is -2.19. The van der Waals surface area contributed by atoms with Crippen LogP contribution < -0.4 is 0 Å². The molecule has 0 spiro atoms. The number of para-hydroxylation sites is 2. The van der Waals surface area contributed by atoms with E-state index in [0.29, 0.717) is 6.42 Å². The molecule has 0 bridgehead atoms. The monoisotopic (exact) mass is 294 g/mol. The van der Waals surface area contributed by atoms with E-state index in [9.17, 15) is 4.79 Å². The van der Waals surface area contributed by atoms with Crippen LogP contribution in [0.3, 0.4) is 0 Å². The summed E-state index contributed by atoms with van der Waals surface area (Å²) in [5.74, 6) is 0.128. The molecule has 0 fully saturated rings. The zero-order chi connectivity index (χ0) is 14.4. The molecule has 2 aromatic carbocycles. The topological polar surface area (TPSA) is 34.9 Å². The molecule has 0 aliphatic carbocycles. The summed E-state index contributed by atoms with van der Waals surface area (Å²) in [6.45, 7) is 2.07. The lowest BCUT2D eigenvalue weighted by atomic mass is 10.1. The number of fused-ring (bicyclic) bond motifs is 3. The Labute approximate surface area is 127 Å². The van der Waals surface area contributed by atoms with E-state index in [-0.39, 0.29) is 11.2 Å². The molecule has 104 valence electrons. The van der Waals surface area contributed by atoms with E-state index in [0.717, 1.165) is 16.2 Å². The Morgan fingerprint density at radius 2 is 1.90 bits per heavy atom. The van der Waals surface area contributed by atoms with E-state index in [4.69, 9.17) is 0 Å². The van der Waals surface area contributed by atoms with Crippen molar-refractivity contribution in [2.24, 2.45) is 0 Å². The fourth-order valence-corrected chi connectivity index (χ4v) is 3.94. The van der Waals surface area contributed by atoms with Crippen molar-refractivity contribution >= 4 is 28.7 Å². The second kappa shape index (κ2) is 4.74. The summed E-state index contributed by atoms with van der Waals surface area (Å²) in [7, 11) is 0. The molecular weight excluding hydrogens is 280 g/mol. The molecule has 0 saturated carbocycles. The normalized spacial score (nSPS) is 18.0. The second-order valence-electron chi connectivity index (χ2n) is 5.33. The molecule has 2 heterocycles. The zero-order valence-electron chi connectivity index (χ0n) is 11.6. The fourth-order valence-electron chi connectivity index (χ4n) is 2.71. The Bertz CT molecular complexity index is 836. The number of imidazole rings is 1. The van der Waals surface area contributed by atoms with Crippen LogP contribution in [0, 0.1) is 6.92 Å². The van der Waals surface area contributed by atoms with Gasteiger partial charge in [0.1, 0.15) is 0 Å². The van der Waals surface area contributed by atoms with Gasteiger partial charge in [0, 0.05) is 11.7 Å². The summed E-state index contributed by atoms with van der Waals surface area (Å²) in [5.41, 5.74) is 4.22. The van der Waals surface area contributed by atoms with Gasteiger partial charge in [0.05, 0.1) is 11.0 Å². The van der Waals surface area contributed by atoms with Gasteiger partial charge in [-0.15, -0.1) is 0 Å². The summed E-state index contributed by atoms with van der Waals surface area (Å²) < 4.78 is 1.75. The number of aromatic nitrogens is 2. The van der Waals surface area contributed by atoms with E-state index in [2.05, 4.69) is 36.2 Å². The molecule has 1 unspecified atom stereocenters. The molecule has 3 aromatic rings. The third-order valence-electron chi connectivity index (χ3n) is 3.84. The molecule has 0 amide bonds. The lowest BCUT2D eigenvalue weighted by Gasteiger charge is -2.22. The molecule has 1 aliphatic rings. The number of nitrogens with zero attached hydrogens (tertiary/aromatic N) is 2. The Hall–Kier alpha value is -2.07. The Morgan fingerprint density at radius 1 is 1.14 bits per heavy atom. The highest BCUT2D eigenvalue weighted by Gasteiger charge is 2.29. The van der Waals surface area contributed by atoms with Crippen molar-refractivity contribution in [2.75, 3.05) is 0 Å². The van der Waals surface area contributed by atoms with Gasteiger partial charge >= 0.3 is 0 Å². The highest BCUT2D eigenvalue weighted by Crippen LogP contribution is 2.42. The van der Waals surface area contributed by atoms with Crippen LogP contribution in [-0.2, 0) is 0 Å². The predicted octanol–water partition coefficient (Wildman–Crippen LogP) is 4.22. The maximum atomic E-state index is 12.5. The van der Waals surface area contributed by atoms with E-state index in [1.54, 1.807) is 16.3 Å². The standard InChI is InChI=1S/C17H14N2OS/c1-11-6-8-12(9-7-11)15-10-16(20)19-14-5-3-2-4-13(14)18-17(19)21-15/h2-9,15H,10H2,1H3. The van der Waals surface area contributed by atoms with E-state index >= 15 is 0 Å². The smallest absolute Gasteiger partial charge is 0.234 e. The Morgan fingerprint density at radius 3 is 2.71 bits per heavy atom. The molecule has 0 saturated heterocycles. The van der Waals surface area contributed by atoms with Crippen LogP contribution in [0.4, 0.5) is 0 Å². The van der Waals surface area contributed by atoms with Crippen LogP contribution in [0.15, 0.2) is 53.7 Å². The minimum absolute atomic E-state index is 0.128. The van der Waals surface area contributed by atoms with Gasteiger partial charge < -0.3 is 0 Å². The number of aryl methyl sites for hydroxylation is 1. The van der Waals surface area contributed by atoms with E-state index in [1.807, 2.05) is 24.3 Å². The lowest BCUT2D eigenvalue weighted by molar-refractivity contribution is 0.0891. The zero-order valence-corrected chi connectivity index (χ0v) is 12.4. The number of carbonyl (C=O) groups is 1. The SMILES string of the molecule is Cc1ccc(C2CC(=O)n3c(nc4ccccc43)S2)cc1. The molecule has 0 radical (unpaired) electrons. The maximum absolute atomic E-state index is 12.5. The molecule has 0 N–H and O–H groups in total. The van der Waals surface area contributed by atoms with Gasteiger partial charge in [-0.25, -0.2) is 4.98 Å². The minimum Gasteiger partial charge on any atom is -0.274 e. The van der Waals surface area contributed by atoms with Crippen LogP contribution >= 0.6 is 11.8 Å². The highest BCUT2D eigenvalue weighted by molar-refractivity contribution is 7.99. The average Bonchev–Trinajstić information content (AvgIpc) is 2.86. The van der Waals surface area contributed by atoms with Gasteiger partial charge in [-0.2, -0.15) is 0 Å². The summed E-state index contributed by atoms with van der Waals surface area (Å²) >= 11 is 1.68. The first kappa shape index (κ1) is 12.7. The molecule has 1 aromatic heterocycles. The van der Waals surface area contributed by atoms with Crippen LogP contribution in [0.5, 0.6) is 0 Å². The number of thioether (sulfide) groups is 1. The number of carbonyl (C=O) groups excluding carboxylic acids is 1. The first-order valence-corrected chi connectivity index (χ1v) is 7.84. The van der Waals surface area contributed by atoms with Crippen molar-refractivity contribution in [1.29, 1.82) is 0 Å². The summed E-state index contributed by atoms with van der Waals surface area (Å²) in [6.07, 6.45) is 0.515. The quantitative estimate of drug-likeness (QED) is 0.674. The van der Waals surface area contributed by atoms with E-state index < -0.39 is 0 Å². The van der Waals surface area contributed by atoms with E-state index in [1.165, 1.54) is 11.1 Å². The molecule has 1 aliphatic heterocycles. The number of benzene rings is 2. The molecular formula is C17H14N2OS.